The van der Waals surface area contributed by atoms with Crippen molar-refractivity contribution in [2.24, 2.45) is 0 Å². The number of nitrogens with one attached hydrogen (secondary N) is 1. The third-order valence-corrected chi connectivity index (χ3v) is 4.13. The van der Waals surface area contributed by atoms with Crippen LogP contribution in [0, 0.1) is 12.7 Å². The number of nitrogens with zero attached hydrogens (tertiary/aromatic N) is 1. The zero-order valence-corrected chi connectivity index (χ0v) is 15.7. The Morgan fingerprint density at radius 1 is 1.07 bits per heavy atom. The maximum absolute atomic E-state index is 13.3. The summed E-state index contributed by atoms with van der Waals surface area (Å²) < 4.78 is 23.4. The second-order valence-corrected chi connectivity index (χ2v) is 6.11. The monoisotopic (exact) mass is 396 g/mol. The summed E-state index contributed by atoms with van der Waals surface area (Å²) in [7, 11) is 1.41. The quantitative estimate of drug-likeness (QED) is 0.667. The lowest BCUT2D eigenvalue weighted by molar-refractivity contribution is -0.123. The molecule has 29 heavy (non-hydrogen) atoms. The Labute approximate surface area is 165 Å². The largest absolute Gasteiger partial charge is 0.496 e. The Morgan fingerprint density at radius 2 is 1.83 bits per heavy atom. The van der Waals surface area contributed by atoms with Gasteiger partial charge in [0.2, 0.25) is 0 Å². The maximum atomic E-state index is 13.3. The number of benzene rings is 2. The van der Waals surface area contributed by atoms with Crippen LogP contribution in [0.4, 0.5) is 4.39 Å². The van der Waals surface area contributed by atoms with Crippen molar-refractivity contribution in [1.29, 1.82) is 0 Å². The van der Waals surface area contributed by atoms with Gasteiger partial charge in [-0.15, -0.1) is 0 Å². The van der Waals surface area contributed by atoms with Crippen LogP contribution in [0.15, 0.2) is 48.5 Å². The van der Waals surface area contributed by atoms with Gasteiger partial charge in [0, 0.05) is 11.5 Å². The van der Waals surface area contributed by atoms with E-state index in [1.807, 2.05) is 0 Å². The molecule has 1 N–H and O–H groups in total. The zero-order valence-electron chi connectivity index (χ0n) is 15.7. The van der Waals surface area contributed by atoms with Crippen molar-refractivity contribution in [2.45, 2.75) is 6.92 Å². The maximum Gasteiger partial charge on any atom is 0.340 e. The lowest BCUT2D eigenvalue weighted by Gasteiger charge is -2.10. The molecule has 2 amide bonds. The van der Waals surface area contributed by atoms with Crippen LogP contribution in [0.2, 0.25) is 0 Å². The van der Waals surface area contributed by atoms with E-state index in [0.29, 0.717) is 22.3 Å². The van der Waals surface area contributed by atoms with Crippen molar-refractivity contribution < 1.29 is 28.2 Å². The number of amides is 2. The van der Waals surface area contributed by atoms with Crippen LogP contribution in [0.3, 0.4) is 0 Å². The van der Waals surface area contributed by atoms with E-state index in [2.05, 4.69) is 10.3 Å². The van der Waals surface area contributed by atoms with Crippen LogP contribution in [-0.4, -0.2) is 36.5 Å². The van der Waals surface area contributed by atoms with Crippen molar-refractivity contribution in [3.63, 3.8) is 0 Å². The van der Waals surface area contributed by atoms with Gasteiger partial charge in [-0.1, -0.05) is 12.1 Å². The first-order valence-electron chi connectivity index (χ1n) is 8.60. The van der Waals surface area contributed by atoms with Crippen LogP contribution >= 0.6 is 0 Å². The minimum Gasteiger partial charge on any atom is -0.496 e. The van der Waals surface area contributed by atoms with E-state index in [4.69, 9.17) is 9.47 Å². The van der Waals surface area contributed by atoms with E-state index in [1.165, 1.54) is 37.4 Å². The topological polar surface area (TPSA) is 94.6 Å². The number of para-hydroxylation sites is 1. The summed E-state index contributed by atoms with van der Waals surface area (Å²) in [6, 6.07) is 11.9. The van der Waals surface area contributed by atoms with Gasteiger partial charge in [-0.05, 0) is 37.3 Å². The van der Waals surface area contributed by atoms with Crippen LogP contribution < -0.4 is 10.1 Å². The highest BCUT2D eigenvalue weighted by molar-refractivity contribution is 6.07. The number of carbonyl (C=O) groups excluding carboxylic acids is 3. The number of imide groups is 1. The minimum atomic E-state index is -0.789. The molecule has 0 aliphatic rings. The molecular weight excluding hydrogens is 379 g/mol. The van der Waals surface area contributed by atoms with Crippen molar-refractivity contribution in [1.82, 2.24) is 10.3 Å². The summed E-state index contributed by atoms with van der Waals surface area (Å²) in [5.74, 6) is -2.36. The number of hydrogen-bond acceptors (Lipinski definition) is 6. The molecule has 8 heteroatoms. The van der Waals surface area contributed by atoms with Crippen molar-refractivity contribution in [3.8, 4) is 5.75 Å². The number of halogens is 1. The first kappa shape index (κ1) is 19.9. The lowest BCUT2D eigenvalue weighted by atomic mass is 10.1. The van der Waals surface area contributed by atoms with Gasteiger partial charge in [-0.2, -0.15) is 0 Å². The molecule has 148 valence electrons. The molecule has 0 saturated heterocycles. The second-order valence-electron chi connectivity index (χ2n) is 6.11. The zero-order chi connectivity index (χ0) is 21.0. The van der Waals surface area contributed by atoms with Crippen LogP contribution in [0.25, 0.3) is 10.9 Å². The normalized spacial score (nSPS) is 10.4. The average Bonchev–Trinajstić information content (AvgIpc) is 2.71. The van der Waals surface area contributed by atoms with Gasteiger partial charge in [-0.25, -0.2) is 9.18 Å². The van der Waals surface area contributed by atoms with E-state index in [9.17, 15) is 18.8 Å². The third kappa shape index (κ3) is 4.55. The number of rotatable bonds is 5. The van der Waals surface area contributed by atoms with Crippen LogP contribution in [0.5, 0.6) is 5.75 Å². The number of aryl methyl sites for hydroxylation is 1. The fourth-order valence-corrected chi connectivity index (χ4v) is 2.71. The summed E-state index contributed by atoms with van der Waals surface area (Å²) in [5.41, 5.74) is 1.06. The Balaban J connectivity index is 1.65. The molecular formula is C21H17FN2O5. The predicted octanol–water partition coefficient (Wildman–Crippen LogP) is 2.80. The van der Waals surface area contributed by atoms with E-state index in [-0.39, 0.29) is 11.1 Å². The molecule has 1 heterocycles. The molecule has 0 radical (unpaired) electrons. The number of methoxy groups -OCH3 is 1. The number of carbonyl (C=O) groups is 3. The molecule has 0 bridgehead atoms. The molecule has 0 aliphatic carbocycles. The summed E-state index contributed by atoms with van der Waals surface area (Å²) in [5, 5.41) is 2.69. The van der Waals surface area contributed by atoms with Gasteiger partial charge in [0.25, 0.3) is 11.8 Å². The highest BCUT2D eigenvalue weighted by Gasteiger charge is 2.18. The summed E-state index contributed by atoms with van der Waals surface area (Å²) in [6.45, 7) is 0.923. The van der Waals surface area contributed by atoms with Crippen molar-refractivity contribution >= 4 is 28.7 Å². The number of esters is 1. The summed E-state index contributed by atoms with van der Waals surface area (Å²) in [4.78, 5) is 40.7. The number of ether oxygens (including phenoxy) is 2. The van der Waals surface area contributed by atoms with Gasteiger partial charge in [0.15, 0.2) is 6.61 Å². The van der Waals surface area contributed by atoms with E-state index in [0.717, 1.165) is 0 Å². The first-order valence-corrected chi connectivity index (χ1v) is 8.60. The number of hydrogen-bond donors (Lipinski definition) is 1. The highest BCUT2D eigenvalue weighted by atomic mass is 19.1. The Bertz CT molecular complexity index is 1110. The molecule has 2 aromatic carbocycles. The molecule has 0 spiro atoms. The first-order chi connectivity index (χ1) is 13.9. The molecule has 7 nitrogen and oxygen atoms in total. The molecule has 0 aliphatic heterocycles. The molecule has 0 atom stereocenters. The number of fused-ring (bicyclic) bond motifs is 1. The third-order valence-electron chi connectivity index (χ3n) is 4.13. The highest BCUT2D eigenvalue weighted by Crippen LogP contribution is 2.19. The fourth-order valence-electron chi connectivity index (χ4n) is 2.71. The molecule has 0 saturated carbocycles. The standard InChI is InChI=1S/C21H17FN2O5/c1-12-16(9-13-7-8-14(22)10-17(13)23-12)21(27)29-11-19(25)24-20(26)15-5-3-4-6-18(15)28-2/h3-10H,11H2,1-2H3,(H,24,25,26). The molecule has 3 rings (SSSR count). The molecule has 3 aromatic rings. The smallest absolute Gasteiger partial charge is 0.340 e. The Morgan fingerprint density at radius 3 is 2.59 bits per heavy atom. The van der Waals surface area contributed by atoms with Crippen molar-refractivity contribution in [2.75, 3.05) is 13.7 Å². The SMILES string of the molecule is COc1ccccc1C(=O)NC(=O)COC(=O)c1cc2ccc(F)cc2nc1C. The fraction of sp³-hybridized carbons (Fsp3) is 0.143. The molecule has 1 aromatic heterocycles. The van der Waals surface area contributed by atoms with Gasteiger partial charge in [0.05, 0.1) is 29.4 Å². The van der Waals surface area contributed by atoms with Gasteiger partial charge in [0.1, 0.15) is 11.6 Å². The molecule has 0 unspecified atom stereocenters. The summed E-state index contributed by atoms with van der Waals surface area (Å²) >= 11 is 0. The molecule has 0 fully saturated rings. The van der Waals surface area contributed by atoms with Crippen molar-refractivity contribution in [3.05, 3.63) is 71.2 Å². The van der Waals surface area contributed by atoms with Gasteiger partial charge in [-0.3, -0.25) is 19.9 Å². The van der Waals surface area contributed by atoms with Crippen LogP contribution in [-0.2, 0) is 9.53 Å². The predicted molar refractivity (Wildman–Crippen MR) is 102 cm³/mol. The van der Waals surface area contributed by atoms with E-state index >= 15 is 0 Å². The summed E-state index contributed by atoms with van der Waals surface area (Å²) in [6.07, 6.45) is 0. The van der Waals surface area contributed by atoms with E-state index < -0.39 is 30.2 Å². The minimum absolute atomic E-state index is 0.146. The van der Waals surface area contributed by atoms with E-state index in [1.54, 1.807) is 25.1 Å². The van der Waals surface area contributed by atoms with Gasteiger partial charge < -0.3 is 9.47 Å². The second kappa shape index (κ2) is 8.47. The number of aromatic nitrogens is 1. The lowest BCUT2D eigenvalue weighted by Crippen LogP contribution is -2.34. The van der Waals surface area contributed by atoms with Crippen LogP contribution in [0.1, 0.15) is 26.4 Å². The Kier molecular flexibility index (Phi) is 5.82. The Hall–Kier alpha value is -3.81. The van der Waals surface area contributed by atoms with Gasteiger partial charge >= 0.3 is 5.97 Å². The average molecular weight is 396 g/mol. The number of pyridine rings is 1.